The van der Waals surface area contributed by atoms with E-state index in [9.17, 15) is 4.79 Å². The normalized spacial score (nSPS) is 20.2. The summed E-state index contributed by atoms with van der Waals surface area (Å²) in [5.41, 5.74) is 0.986. The second-order valence-electron chi connectivity index (χ2n) is 4.35. The van der Waals surface area contributed by atoms with Crippen molar-refractivity contribution in [1.29, 1.82) is 0 Å². The lowest BCUT2D eigenvalue weighted by atomic mass is 10.1. The maximum atomic E-state index is 12.0. The summed E-state index contributed by atoms with van der Waals surface area (Å²) in [4.78, 5) is 12.0. The Bertz CT molecular complexity index is 423. The number of halogens is 2. The molecule has 2 rings (SSSR count). The van der Waals surface area contributed by atoms with Crippen molar-refractivity contribution in [2.75, 3.05) is 19.7 Å². The Morgan fingerprint density at radius 1 is 1.58 bits per heavy atom. The van der Waals surface area contributed by atoms with Gasteiger partial charge in [-0.15, -0.1) is 12.4 Å². The lowest BCUT2D eigenvalue weighted by molar-refractivity contribution is -0.134. The molecule has 1 heterocycles. The average molecular weight is 305 g/mol. The molecule has 1 fully saturated rings. The second-order valence-corrected chi connectivity index (χ2v) is 4.79. The SMILES string of the molecule is C[C@@H](NC(=O)C1CNCCO1)c1cccc(Cl)c1.Cl. The van der Waals surface area contributed by atoms with Crippen LogP contribution in [0.1, 0.15) is 18.5 Å². The van der Waals surface area contributed by atoms with Crippen LogP contribution in [0.5, 0.6) is 0 Å². The molecule has 1 aromatic rings. The average Bonchev–Trinajstić information content (AvgIpc) is 2.39. The number of morpholine rings is 1. The third-order valence-corrected chi connectivity index (χ3v) is 3.16. The van der Waals surface area contributed by atoms with Crippen molar-refractivity contribution in [2.45, 2.75) is 19.1 Å². The lowest BCUT2D eigenvalue weighted by Gasteiger charge is -2.24. The van der Waals surface area contributed by atoms with Crippen LogP contribution in [0.3, 0.4) is 0 Å². The van der Waals surface area contributed by atoms with E-state index < -0.39 is 6.10 Å². The summed E-state index contributed by atoms with van der Waals surface area (Å²) in [5, 5.41) is 6.73. The maximum absolute atomic E-state index is 12.0. The molecule has 0 bridgehead atoms. The molecule has 6 heteroatoms. The van der Waals surface area contributed by atoms with Gasteiger partial charge in [0.2, 0.25) is 0 Å². The van der Waals surface area contributed by atoms with Crippen LogP contribution in [0, 0.1) is 0 Å². The quantitative estimate of drug-likeness (QED) is 0.897. The largest absolute Gasteiger partial charge is 0.366 e. The minimum atomic E-state index is -0.402. The third-order valence-electron chi connectivity index (χ3n) is 2.93. The van der Waals surface area contributed by atoms with E-state index in [4.69, 9.17) is 16.3 Å². The fourth-order valence-electron chi connectivity index (χ4n) is 1.90. The Labute approximate surface area is 124 Å². The number of carbonyl (C=O) groups excluding carboxylic acids is 1. The highest BCUT2D eigenvalue weighted by Gasteiger charge is 2.23. The van der Waals surface area contributed by atoms with Gasteiger partial charge in [0, 0.05) is 18.1 Å². The summed E-state index contributed by atoms with van der Waals surface area (Å²) in [7, 11) is 0. The number of rotatable bonds is 3. The lowest BCUT2D eigenvalue weighted by Crippen LogP contribution is -2.48. The van der Waals surface area contributed by atoms with Crippen molar-refractivity contribution in [1.82, 2.24) is 10.6 Å². The Kier molecular flexibility index (Phi) is 6.58. The number of hydrogen-bond donors (Lipinski definition) is 2. The van der Waals surface area contributed by atoms with Gasteiger partial charge < -0.3 is 15.4 Å². The molecule has 1 saturated heterocycles. The number of benzene rings is 1. The van der Waals surface area contributed by atoms with E-state index in [0.29, 0.717) is 18.2 Å². The van der Waals surface area contributed by atoms with Gasteiger partial charge in [-0.25, -0.2) is 0 Å². The summed E-state index contributed by atoms with van der Waals surface area (Å²) in [6.07, 6.45) is -0.402. The molecule has 1 amide bonds. The van der Waals surface area contributed by atoms with Gasteiger partial charge in [0.1, 0.15) is 6.10 Å². The maximum Gasteiger partial charge on any atom is 0.250 e. The fraction of sp³-hybridized carbons (Fsp3) is 0.462. The van der Waals surface area contributed by atoms with Crippen LogP contribution in [-0.4, -0.2) is 31.7 Å². The van der Waals surface area contributed by atoms with Gasteiger partial charge in [0.25, 0.3) is 5.91 Å². The van der Waals surface area contributed by atoms with Gasteiger partial charge >= 0.3 is 0 Å². The molecule has 106 valence electrons. The third kappa shape index (κ3) is 4.66. The smallest absolute Gasteiger partial charge is 0.250 e. The van der Waals surface area contributed by atoms with E-state index in [1.165, 1.54) is 0 Å². The van der Waals surface area contributed by atoms with Gasteiger partial charge in [0.15, 0.2) is 0 Å². The minimum Gasteiger partial charge on any atom is -0.366 e. The van der Waals surface area contributed by atoms with Crippen molar-refractivity contribution in [3.8, 4) is 0 Å². The molecular weight excluding hydrogens is 287 g/mol. The first-order chi connectivity index (χ1) is 8.66. The Morgan fingerprint density at radius 2 is 2.37 bits per heavy atom. The Hall–Kier alpha value is -0.810. The number of carbonyl (C=O) groups is 1. The monoisotopic (exact) mass is 304 g/mol. The highest BCUT2D eigenvalue weighted by molar-refractivity contribution is 6.30. The zero-order valence-electron chi connectivity index (χ0n) is 10.7. The number of hydrogen-bond acceptors (Lipinski definition) is 3. The van der Waals surface area contributed by atoms with E-state index in [1.54, 1.807) is 0 Å². The summed E-state index contributed by atoms with van der Waals surface area (Å²) in [6.45, 7) is 3.87. The molecule has 0 spiro atoms. The first kappa shape index (κ1) is 16.2. The molecule has 0 saturated carbocycles. The van der Waals surface area contributed by atoms with Gasteiger partial charge in [-0.05, 0) is 24.6 Å². The van der Waals surface area contributed by atoms with Crippen LogP contribution in [-0.2, 0) is 9.53 Å². The van der Waals surface area contributed by atoms with Gasteiger partial charge in [0.05, 0.1) is 12.6 Å². The van der Waals surface area contributed by atoms with E-state index in [-0.39, 0.29) is 24.4 Å². The number of ether oxygens (including phenoxy) is 1. The molecule has 1 aliphatic rings. The molecule has 4 nitrogen and oxygen atoms in total. The van der Waals surface area contributed by atoms with Crippen LogP contribution in [0.4, 0.5) is 0 Å². The van der Waals surface area contributed by atoms with Crippen LogP contribution >= 0.6 is 24.0 Å². The summed E-state index contributed by atoms with van der Waals surface area (Å²) >= 11 is 5.93. The number of amides is 1. The van der Waals surface area contributed by atoms with Crippen LogP contribution in [0.25, 0.3) is 0 Å². The molecule has 1 aromatic carbocycles. The fourth-order valence-corrected chi connectivity index (χ4v) is 2.10. The minimum absolute atomic E-state index is 0. The van der Waals surface area contributed by atoms with Gasteiger partial charge in [-0.1, -0.05) is 23.7 Å². The van der Waals surface area contributed by atoms with Crippen molar-refractivity contribution >= 4 is 29.9 Å². The topological polar surface area (TPSA) is 50.4 Å². The Morgan fingerprint density at radius 3 is 3.00 bits per heavy atom. The highest BCUT2D eigenvalue weighted by atomic mass is 35.5. The molecule has 1 aliphatic heterocycles. The first-order valence-electron chi connectivity index (χ1n) is 6.05. The molecule has 0 aliphatic carbocycles. The van der Waals surface area contributed by atoms with Gasteiger partial charge in [-0.2, -0.15) is 0 Å². The molecule has 19 heavy (non-hydrogen) atoms. The standard InChI is InChI=1S/C13H17ClN2O2.ClH/c1-9(10-3-2-4-11(14)7-10)16-13(17)12-8-15-5-6-18-12;/h2-4,7,9,12,15H,5-6,8H2,1H3,(H,16,17);1H/t9-,12?;/m1./s1. The molecular formula is C13H18Cl2N2O2. The van der Waals surface area contributed by atoms with Crippen molar-refractivity contribution in [3.63, 3.8) is 0 Å². The molecule has 0 radical (unpaired) electrons. The second kappa shape index (κ2) is 7.70. The zero-order chi connectivity index (χ0) is 13.0. The van der Waals surface area contributed by atoms with E-state index in [2.05, 4.69) is 10.6 Å². The predicted octanol–water partition coefficient (Wildman–Crippen LogP) is 1.93. The molecule has 1 unspecified atom stereocenters. The van der Waals surface area contributed by atoms with E-state index >= 15 is 0 Å². The van der Waals surface area contributed by atoms with Crippen molar-refractivity contribution in [3.05, 3.63) is 34.9 Å². The zero-order valence-corrected chi connectivity index (χ0v) is 12.3. The Balaban J connectivity index is 0.00000180. The first-order valence-corrected chi connectivity index (χ1v) is 6.43. The van der Waals surface area contributed by atoms with Crippen LogP contribution in [0.15, 0.2) is 24.3 Å². The van der Waals surface area contributed by atoms with Crippen molar-refractivity contribution < 1.29 is 9.53 Å². The summed E-state index contributed by atoms with van der Waals surface area (Å²) in [5.74, 6) is -0.0883. The van der Waals surface area contributed by atoms with Crippen LogP contribution in [0.2, 0.25) is 5.02 Å². The molecule has 2 atom stereocenters. The number of nitrogens with one attached hydrogen (secondary N) is 2. The summed E-state index contributed by atoms with van der Waals surface area (Å²) < 4.78 is 5.40. The van der Waals surface area contributed by atoms with Crippen molar-refractivity contribution in [2.24, 2.45) is 0 Å². The summed E-state index contributed by atoms with van der Waals surface area (Å²) in [6, 6.07) is 7.40. The molecule has 2 N–H and O–H groups in total. The van der Waals surface area contributed by atoms with Gasteiger partial charge in [-0.3, -0.25) is 4.79 Å². The van der Waals surface area contributed by atoms with E-state index in [1.807, 2.05) is 31.2 Å². The molecule has 0 aromatic heterocycles. The predicted molar refractivity (Wildman–Crippen MR) is 77.9 cm³/mol. The van der Waals surface area contributed by atoms with E-state index in [0.717, 1.165) is 12.1 Å². The highest BCUT2D eigenvalue weighted by Crippen LogP contribution is 2.17. The van der Waals surface area contributed by atoms with Crippen LogP contribution < -0.4 is 10.6 Å².